The van der Waals surface area contributed by atoms with Crippen molar-refractivity contribution < 1.29 is 14.7 Å². The topological polar surface area (TPSA) is 92.4 Å². The summed E-state index contributed by atoms with van der Waals surface area (Å²) in [6, 6.07) is 0. The fraction of sp³-hybridized carbons (Fsp3) is 0.667. The molecule has 1 aliphatic rings. The van der Waals surface area contributed by atoms with Gasteiger partial charge in [-0.2, -0.15) is 0 Å². The smallest absolute Gasteiger partial charge is 0.307 e. The minimum atomic E-state index is -1.01. The number of carbonyl (C=O) groups excluding carboxylic acids is 1. The molecule has 4 N–H and O–H groups in total. The van der Waals surface area contributed by atoms with Gasteiger partial charge in [0.15, 0.2) is 0 Å². The van der Waals surface area contributed by atoms with Gasteiger partial charge in [0.1, 0.15) is 0 Å². The van der Waals surface area contributed by atoms with Crippen LogP contribution in [0.15, 0.2) is 0 Å². The maximum absolute atomic E-state index is 10.7. The molecule has 1 atom stereocenters. The predicted octanol–water partition coefficient (Wildman–Crippen LogP) is -0.974. The van der Waals surface area contributed by atoms with Crippen molar-refractivity contribution in [2.24, 2.45) is 5.73 Å². The number of nitrogens with one attached hydrogen (secondary N) is 1. The summed E-state index contributed by atoms with van der Waals surface area (Å²) in [5.41, 5.74) is 4.53. The Labute approximate surface area is 63.6 Å². The Morgan fingerprint density at radius 3 is 2.82 bits per heavy atom. The van der Waals surface area contributed by atoms with Crippen molar-refractivity contribution in [3.63, 3.8) is 0 Å². The molecule has 11 heavy (non-hydrogen) atoms. The lowest BCUT2D eigenvalue weighted by Crippen LogP contribution is -2.51. The number of rotatable bonds is 2. The zero-order valence-electron chi connectivity index (χ0n) is 5.96. The average Bonchev–Trinajstić information content (AvgIpc) is 2.08. The van der Waals surface area contributed by atoms with Gasteiger partial charge in [-0.1, -0.05) is 0 Å². The van der Waals surface area contributed by atoms with Crippen molar-refractivity contribution in [3.8, 4) is 0 Å². The van der Waals surface area contributed by atoms with Crippen LogP contribution in [0.3, 0.4) is 0 Å². The summed E-state index contributed by atoms with van der Waals surface area (Å²) in [5.74, 6) is -1.16. The van der Waals surface area contributed by atoms with Crippen molar-refractivity contribution in [3.05, 3.63) is 0 Å². The van der Waals surface area contributed by atoms with Crippen LogP contribution < -0.4 is 11.1 Å². The summed E-state index contributed by atoms with van der Waals surface area (Å²) in [6.45, 7) is 0. The van der Waals surface area contributed by atoms with Crippen LogP contribution in [-0.2, 0) is 9.59 Å². The second-order valence-corrected chi connectivity index (χ2v) is 2.77. The summed E-state index contributed by atoms with van der Waals surface area (Å²) in [6.07, 6.45) is 0.515. The van der Waals surface area contributed by atoms with E-state index in [4.69, 9.17) is 10.8 Å². The highest BCUT2D eigenvalue weighted by Gasteiger charge is 2.35. The van der Waals surface area contributed by atoms with Crippen LogP contribution in [0.4, 0.5) is 0 Å². The zero-order chi connectivity index (χ0) is 8.48. The summed E-state index contributed by atoms with van der Waals surface area (Å²) in [7, 11) is 0. The molecule has 0 aromatic carbocycles. The molecule has 1 heterocycles. The number of hydrogen-bond donors (Lipinski definition) is 3. The lowest BCUT2D eigenvalue weighted by Gasteiger charge is -2.20. The van der Waals surface area contributed by atoms with E-state index in [1.54, 1.807) is 0 Å². The Morgan fingerprint density at radius 2 is 2.45 bits per heavy atom. The molecule has 62 valence electrons. The van der Waals surface area contributed by atoms with E-state index in [0.29, 0.717) is 12.8 Å². The maximum atomic E-state index is 10.7. The summed E-state index contributed by atoms with van der Waals surface area (Å²) in [4.78, 5) is 20.9. The quantitative estimate of drug-likeness (QED) is 0.482. The van der Waals surface area contributed by atoms with Gasteiger partial charge in [0, 0.05) is 6.42 Å². The highest BCUT2D eigenvalue weighted by Crippen LogP contribution is 2.17. The molecule has 5 heteroatoms. The largest absolute Gasteiger partial charge is 0.481 e. The van der Waals surface area contributed by atoms with Crippen molar-refractivity contribution in [2.75, 3.05) is 0 Å². The third-order valence-electron chi connectivity index (χ3n) is 1.65. The van der Waals surface area contributed by atoms with Crippen molar-refractivity contribution in [2.45, 2.75) is 24.9 Å². The van der Waals surface area contributed by atoms with Gasteiger partial charge in [0.05, 0.1) is 12.1 Å². The number of carbonyl (C=O) groups is 2. The van der Waals surface area contributed by atoms with Crippen LogP contribution in [0.1, 0.15) is 19.3 Å². The Kier molecular flexibility index (Phi) is 1.82. The van der Waals surface area contributed by atoms with Crippen LogP contribution in [-0.4, -0.2) is 22.6 Å². The second-order valence-electron chi connectivity index (χ2n) is 2.77. The van der Waals surface area contributed by atoms with Gasteiger partial charge < -0.3 is 16.2 Å². The molecule has 1 aliphatic heterocycles. The molecule has 1 rings (SSSR count). The third kappa shape index (κ3) is 1.91. The standard InChI is InChI=1S/C6H10N2O3/c7-6(3-5(10)11)2-1-4(9)8-6/h1-3,7H2,(H,8,9)(H,10,11)/t6-/m0/s1. The lowest BCUT2D eigenvalue weighted by atomic mass is 10.1. The molecule has 5 nitrogen and oxygen atoms in total. The highest BCUT2D eigenvalue weighted by molar-refractivity contribution is 5.81. The number of carboxylic acids is 1. The molecule has 1 saturated heterocycles. The fourth-order valence-corrected chi connectivity index (χ4v) is 1.14. The minimum absolute atomic E-state index is 0.172. The van der Waals surface area contributed by atoms with Gasteiger partial charge in [-0.3, -0.25) is 9.59 Å². The first-order valence-corrected chi connectivity index (χ1v) is 3.33. The monoisotopic (exact) mass is 158 g/mol. The molecule has 1 fully saturated rings. The van der Waals surface area contributed by atoms with Gasteiger partial charge in [-0.25, -0.2) is 0 Å². The Balaban J connectivity index is 2.55. The van der Waals surface area contributed by atoms with E-state index in [-0.39, 0.29) is 12.3 Å². The van der Waals surface area contributed by atoms with Crippen LogP contribution in [0.25, 0.3) is 0 Å². The second kappa shape index (κ2) is 2.50. The van der Waals surface area contributed by atoms with E-state index >= 15 is 0 Å². The number of hydrogen-bond acceptors (Lipinski definition) is 3. The summed E-state index contributed by atoms with van der Waals surface area (Å²) in [5, 5.41) is 10.8. The molecular weight excluding hydrogens is 148 g/mol. The van der Waals surface area contributed by atoms with Gasteiger partial charge in [-0.05, 0) is 6.42 Å². The SMILES string of the molecule is N[C@@]1(CC(=O)O)CCC(=O)N1. The molecule has 0 radical (unpaired) electrons. The molecule has 1 amide bonds. The summed E-state index contributed by atoms with van der Waals surface area (Å²) < 4.78 is 0. The van der Waals surface area contributed by atoms with Gasteiger partial charge in [0.2, 0.25) is 5.91 Å². The fourth-order valence-electron chi connectivity index (χ4n) is 1.14. The Bertz CT molecular complexity index is 204. The maximum Gasteiger partial charge on any atom is 0.307 e. The third-order valence-corrected chi connectivity index (χ3v) is 1.65. The summed E-state index contributed by atoms with van der Waals surface area (Å²) >= 11 is 0. The average molecular weight is 158 g/mol. The van der Waals surface area contributed by atoms with E-state index in [2.05, 4.69) is 5.32 Å². The van der Waals surface area contributed by atoms with Crippen molar-refractivity contribution in [1.82, 2.24) is 5.32 Å². The zero-order valence-corrected chi connectivity index (χ0v) is 5.96. The highest BCUT2D eigenvalue weighted by atomic mass is 16.4. The van der Waals surface area contributed by atoms with E-state index in [1.165, 1.54) is 0 Å². The molecular formula is C6H10N2O3. The number of aliphatic carboxylic acids is 1. The molecule has 0 bridgehead atoms. The van der Waals surface area contributed by atoms with Gasteiger partial charge in [-0.15, -0.1) is 0 Å². The molecule has 0 unspecified atom stereocenters. The van der Waals surface area contributed by atoms with E-state index in [1.807, 2.05) is 0 Å². The molecule has 0 aromatic heterocycles. The van der Waals surface area contributed by atoms with Crippen LogP contribution in [0.2, 0.25) is 0 Å². The van der Waals surface area contributed by atoms with Gasteiger partial charge in [0.25, 0.3) is 0 Å². The van der Waals surface area contributed by atoms with E-state index < -0.39 is 11.6 Å². The van der Waals surface area contributed by atoms with Crippen LogP contribution in [0.5, 0.6) is 0 Å². The van der Waals surface area contributed by atoms with E-state index in [0.717, 1.165) is 0 Å². The molecule has 0 aliphatic carbocycles. The number of nitrogens with two attached hydrogens (primary N) is 1. The Hall–Kier alpha value is -1.10. The van der Waals surface area contributed by atoms with Crippen molar-refractivity contribution >= 4 is 11.9 Å². The van der Waals surface area contributed by atoms with Crippen molar-refractivity contribution in [1.29, 1.82) is 0 Å². The Morgan fingerprint density at radius 1 is 1.82 bits per heavy atom. The van der Waals surface area contributed by atoms with Gasteiger partial charge >= 0.3 is 5.97 Å². The molecule has 0 aromatic rings. The first-order chi connectivity index (χ1) is 5.02. The normalized spacial score (nSPS) is 30.1. The van der Waals surface area contributed by atoms with E-state index in [9.17, 15) is 9.59 Å². The minimum Gasteiger partial charge on any atom is -0.481 e. The lowest BCUT2D eigenvalue weighted by molar-refractivity contribution is -0.138. The first-order valence-electron chi connectivity index (χ1n) is 3.33. The van der Waals surface area contributed by atoms with Crippen LogP contribution in [0, 0.1) is 0 Å². The number of carboxylic acid groups (broad SMARTS) is 1. The predicted molar refractivity (Wildman–Crippen MR) is 36.5 cm³/mol. The van der Waals surface area contributed by atoms with Crippen LogP contribution >= 0.6 is 0 Å². The molecule has 0 spiro atoms. The first kappa shape index (κ1) is 8.00. The number of amides is 1. The molecule has 0 saturated carbocycles.